The highest BCUT2D eigenvalue weighted by atomic mass is 32.1. The summed E-state index contributed by atoms with van der Waals surface area (Å²) in [4.78, 5) is 26.7. The van der Waals surface area contributed by atoms with E-state index in [4.69, 9.17) is 9.47 Å². The van der Waals surface area contributed by atoms with Crippen LogP contribution in [-0.2, 0) is 20.7 Å². The number of amides is 2. The fraction of sp³-hybridized carbons (Fsp3) is 0.462. The number of rotatable bonds is 10. The van der Waals surface area contributed by atoms with Crippen LogP contribution in [0.2, 0.25) is 0 Å². The highest BCUT2D eigenvalue weighted by Gasteiger charge is 2.42. The summed E-state index contributed by atoms with van der Waals surface area (Å²) in [5.41, 5.74) is 1.04. The largest absolute Gasteiger partial charge is 0.497 e. The first-order valence-corrected chi connectivity index (χ1v) is 12.1. The van der Waals surface area contributed by atoms with E-state index in [0.717, 1.165) is 18.4 Å². The molecule has 178 valence electrons. The van der Waals surface area contributed by atoms with E-state index < -0.39 is 11.5 Å². The van der Waals surface area contributed by atoms with Crippen LogP contribution in [0.5, 0.6) is 5.75 Å². The summed E-state index contributed by atoms with van der Waals surface area (Å²) in [6.45, 7) is 2.66. The molecule has 2 amide bonds. The van der Waals surface area contributed by atoms with Crippen molar-refractivity contribution < 1.29 is 19.1 Å². The summed E-state index contributed by atoms with van der Waals surface area (Å²) >= 11 is 4.53. The molecular formula is C26H34N2O4S. The molecule has 0 aromatic heterocycles. The third-order valence-electron chi connectivity index (χ3n) is 6.34. The van der Waals surface area contributed by atoms with Gasteiger partial charge in [-0.3, -0.25) is 9.59 Å². The fourth-order valence-corrected chi connectivity index (χ4v) is 4.74. The summed E-state index contributed by atoms with van der Waals surface area (Å²) in [5, 5.41) is 5.98. The predicted molar refractivity (Wildman–Crippen MR) is 134 cm³/mol. The number of ether oxygens (including phenoxy) is 2. The second-order valence-electron chi connectivity index (χ2n) is 8.53. The molecule has 3 rings (SSSR count). The molecule has 0 unspecified atom stereocenters. The lowest BCUT2D eigenvalue weighted by Crippen LogP contribution is -2.53. The third kappa shape index (κ3) is 6.74. The van der Waals surface area contributed by atoms with Gasteiger partial charge in [-0.25, -0.2) is 0 Å². The first kappa shape index (κ1) is 25.1. The van der Waals surface area contributed by atoms with Gasteiger partial charge in [-0.15, -0.1) is 0 Å². The van der Waals surface area contributed by atoms with Crippen molar-refractivity contribution in [1.82, 2.24) is 5.32 Å². The maximum absolute atomic E-state index is 13.5. The number of hydrogen-bond acceptors (Lipinski definition) is 5. The molecule has 0 radical (unpaired) electrons. The van der Waals surface area contributed by atoms with Crippen LogP contribution in [0.25, 0.3) is 0 Å². The van der Waals surface area contributed by atoms with E-state index in [1.54, 1.807) is 31.4 Å². The lowest BCUT2D eigenvalue weighted by Gasteiger charge is -2.38. The van der Waals surface area contributed by atoms with Crippen LogP contribution in [-0.4, -0.2) is 43.4 Å². The molecule has 0 spiro atoms. The smallest absolute Gasteiger partial charge is 0.247 e. The van der Waals surface area contributed by atoms with Gasteiger partial charge in [0.25, 0.3) is 0 Å². The monoisotopic (exact) mass is 470 g/mol. The van der Waals surface area contributed by atoms with Gasteiger partial charge in [0.2, 0.25) is 11.8 Å². The van der Waals surface area contributed by atoms with E-state index in [1.807, 2.05) is 37.3 Å². The Morgan fingerprint density at radius 3 is 2.33 bits per heavy atom. The highest BCUT2D eigenvalue weighted by Crippen LogP contribution is 2.39. The van der Waals surface area contributed by atoms with Crippen molar-refractivity contribution in [2.24, 2.45) is 5.41 Å². The number of carbonyl (C=O) groups excluding carboxylic acids is 2. The molecule has 0 saturated heterocycles. The van der Waals surface area contributed by atoms with Crippen LogP contribution in [0, 0.1) is 5.41 Å². The molecule has 2 aromatic rings. The molecule has 2 aromatic carbocycles. The zero-order valence-electron chi connectivity index (χ0n) is 19.4. The molecule has 1 atom stereocenters. The van der Waals surface area contributed by atoms with Crippen molar-refractivity contribution in [1.29, 1.82) is 0 Å². The summed E-state index contributed by atoms with van der Waals surface area (Å²) < 4.78 is 10.9. The van der Waals surface area contributed by atoms with E-state index in [9.17, 15) is 9.59 Å². The number of thiol groups is 1. The summed E-state index contributed by atoms with van der Waals surface area (Å²) in [6, 6.07) is 16.1. The molecule has 1 aliphatic rings. The van der Waals surface area contributed by atoms with Crippen LogP contribution in [0.4, 0.5) is 5.69 Å². The van der Waals surface area contributed by atoms with Crippen LogP contribution in [0.15, 0.2) is 54.6 Å². The van der Waals surface area contributed by atoms with E-state index in [-0.39, 0.29) is 17.9 Å². The molecule has 2 N–H and O–H groups in total. The maximum Gasteiger partial charge on any atom is 0.247 e. The van der Waals surface area contributed by atoms with Gasteiger partial charge in [-0.1, -0.05) is 30.3 Å². The Morgan fingerprint density at radius 1 is 1.09 bits per heavy atom. The van der Waals surface area contributed by atoms with Crippen molar-refractivity contribution >= 4 is 30.1 Å². The minimum absolute atomic E-state index is 0.113. The molecule has 0 bridgehead atoms. The second-order valence-corrected chi connectivity index (χ2v) is 8.84. The van der Waals surface area contributed by atoms with E-state index in [2.05, 4.69) is 23.3 Å². The first-order valence-electron chi connectivity index (χ1n) is 11.5. The number of benzene rings is 2. The Hall–Kier alpha value is -2.51. The Bertz CT molecular complexity index is 896. The van der Waals surface area contributed by atoms with Crippen molar-refractivity contribution in [3.8, 4) is 5.75 Å². The van der Waals surface area contributed by atoms with Crippen molar-refractivity contribution in [3.05, 3.63) is 60.2 Å². The lowest BCUT2D eigenvalue weighted by molar-refractivity contribution is -0.136. The molecule has 0 aliphatic heterocycles. The van der Waals surface area contributed by atoms with Gasteiger partial charge in [0.1, 0.15) is 11.8 Å². The van der Waals surface area contributed by atoms with Crippen LogP contribution in [0.3, 0.4) is 0 Å². The van der Waals surface area contributed by atoms with Gasteiger partial charge >= 0.3 is 0 Å². The SMILES string of the molecule is CCO[C@H]1CC[C@@](CS)(C(=O)N[C@@H](Cc2ccccc2)C(=O)Nc2ccc(OC)cc2)CC1. The average molecular weight is 471 g/mol. The van der Waals surface area contributed by atoms with Gasteiger partial charge < -0.3 is 20.1 Å². The van der Waals surface area contributed by atoms with E-state index in [1.165, 1.54) is 0 Å². The maximum atomic E-state index is 13.5. The zero-order chi connectivity index (χ0) is 23.7. The molecule has 1 aliphatic carbocycles. The van der Waals surface area contributed by atoms with Crippen LogP contribution in [0.1, 0.15) is 38.2 Å². The molecule has 1 saturated carbocycles. The fourth-order valence-electron chi connectivity index (χ4n) is 4.28. The standard InChI is InChI=1S/C26H34N2O4S/c1-3-32-22-13-15-26(18-33,16-14-22)25(30)28-23(17-19-7-5-4-6-8-19)24(29)27-20-9-11-21(31-2)12-10-20/h4-12,22-23,33H,3,13-18H2,1-2H3,(H,27,29)(H,28,30)/t22-,23-,26+/m0/s1. The minimum atomic E-state index is -0.705. The minimum Gasteiger partial charge on any atom is -0.497 e. The molecular weight excluding hydrogens is 436 g/mol. The van der Waals surface area contributed by atoms with Crippen molar-refractivity contribution in [2.75, 3.05) is 24.8 Å². The van der Waals surface area contributed by atoms with Crippen LogP contribution < -0.4 is 15.4 Å². The molecule has 33 heavy (non-hydrogen) atoms. The van der Waals surface area contributed by atoms with Crippen molar-refractivity contribution in [2.45, 2.75) is 51.2 Å². The van der Waals surface area contributed by atoms with E-state index >= 15 is 0 Å². The quantitative estimate of drug-likeness (QED) is 0.454. The first-order chi connectivity index (χ1) is 16.0. The Kier molecular flexibility index (Phi) is 9.21. The van der Waals surface area contributed by atoms with E-state index in [0.29, 0.717) is 43.1 Å². The van der Waals surface area contributed by atoms with Gasteiger partial charge in [-0.2, -0.15) is 12.6 Å². The van der Waals surface area contributed by atoms with Gasteiger partial charge in [0.15, 0.2) is 0 Å². The molecule has 7 heteroatoms. The van der Waals surface area contributed by atoms with Crippen LogP contribution >= 0.6 is 12.6 Å². The lowest BCUT2D eigenvalue weighted by atomic mass is 9.73. The summed E-state index contributed by atoms with van der Waals surface area (Å²) in [7, 11) is 1.60. The average Bonchev–Trinajstić information content (AvgIpc) is 2.85. The highest BCUT2D eigenvalue weighted by molar-refractivity contribution is 7.80. The molecule has 0 heterocycles. The topological polar surface area (TPSA) is 76.7 Å². The summed E-state index contributed by atoms with van der Waals surface area (Å²) in [6.07, 6.45) is 3.64. The normalized spacial score (nSPS) is 21.1. The third-order valence-corrected chi connectivity index (χ3v) is 6.94. The number of anilines is 1. The summed E-state index contributed by atoms with van der Waals surface area (Å²) in [5.74, 6) is 0.781. The number of hydrogen-bond donors (Lipinski definition) is 3. The van der Waals surface area contributed by atoms with Gasteiger partial charge in [0, 0.05) is 24.5 Å². The molecule has 1 fully saturated rings. The second kappa shape index (κ2) is 12.1. The Balaban J connectivity index is 1.74. The van der Waals surface area contributed by atoms with Crippen molar-refractivity contribution in [3.63, 3.8) is 0 Å². The number of nitrogens with one attached hydrogen (secondary N) is 2. The molecule has 6 nitrogen and oxygen atoms in total. The van der Waals surface area contributed by atoms with Gasteiger partial charge in [0.05, 0.1) is 18.6 Å². The number of methoxy groups -OCH3 is 1. The number of carbonyl (C=O) groups is 2. The Morgan fingerprint density at radius 2 is 1.76 bits per heavy atom. The predicted octanol–water partition coefficient (Wildman–Crippen LogP) is 4.26. The zero-order valence-corrected chi connectivity index (χ0v) is 20.3. The Labute approximate surface area is 201 Å². The van der Waals surface area contributed by atoms with Gasteiger partial charge in [-0.05, 0) is 62.4 Å².